The van der Waals surface area contributed by atoms with Crippen LogP contribution >= 0.6 is 0 Å². The van der Waals surface area contributed by atoms with Gasteiger partial charge in [0.15, 0.2) is 0 Å². The summed E-state index contributed by atoms with van der Waals surface area (Å²) < 4.78 is 11.0. The van der Waals surface area contributed by atoms with Crippen molar-refractivity contribution in [2.45, 2.75) is 13.0 Å². The molecule has 0 unspecified atom stereocenters. The summed E-state index contributed by atoms with van der Waals surface area (Å²) in [7, 11) is 0. The molecule has 0 saturated heterocycles. The molecule has 7 nitrogen and oxygen atoms in total. The van der Waals surface area contributed by atoms with Crippen molar-refractivity contribution in [3.63, 3.8) is 0 Å². The number of anilines is 2. The largest absolute Gasteiger partial charge is 0.399 e. The lowest BCUT2D eigenvalue weighted by Crippen LogP contribution is -2.29. The van der Waals surface area contributed by atoms with Crippen LogP contribution in [0.4, 0.5) is 11.4 Å². The highest BCUT2D eigenvalue weighted by Crippen LogP contribution is 2.09. The lowest BCUT2D eigenvalue weighted by Gasteiger charge is -2.09. The molecule has 5 N–H and O–H groups in total. The topological polar surface area (TPSA) is 97.6 Å². The van der Waals surface area contributed by atoms with E-state index >= 15 is 0 Å². The van der Waals surface area contributed by atoms with Crippen LogP contribution in [-0.4, -0.2) is 52.0 Å². The minimum Gasteiger partial charge on any atom is -0.399 e. The number of hydrogen-bond donors (Lipinski definition) is 4. The predicted octanol–water partition coefficient (Wildman–Crippen LogP) is 2.01. The Hall–Kier alpha value is -2.61. The highest BCUT2D eigenvalue weighted by atomic mass is 16.5. The number of carbonyl (C=O) groups excluding carboxylic acids is 1. The van der Waals surface area contributed by atoms with E-state index in [-0.39, 0.29) is 5.91 Å². The zero-order valence-electron chi connectivity index (χ0n) is 16.9. The molecule has 0 saturated carbocycles. The molecule has 0 bridgehead atoms. The Morgan fingerprint density at radius 1 is 0.828 bits per heavy atom. The van der Waals surface area contributed by atoms with Crippen LogP contribution in [0, 0.1) is 0 Å². The van der Waals surface area contributed by atoms with Gasteiger partial charge in [0, 0.05) is 44.0 Å². The second-order valence-corrected chi connectivity index (χ2v) is 6.54. The van der Waals surface area contributed by atoms with Crippen molar-refractivity contribution < 1.29 is 14.3 Å². The Morgan fingerprint density at radius 3 is 2.24 bits per heavy atom. The molecule has 2 aromatic rings. The van der Waals surface area contributed by atoms with Crippen LogP contribution in [0.5, 0.6) is 0 Å². The highest BCUT2D eigenvalue weighted by Gasteiger charge is 2.00. The van der Waals surface area contributed by atoms with Crippen LogP contribution < -0.4 is 21.7 Å². The summed E-state index contributed by atoms with van der Waals surface area (Å²) >= 11 is 0. The molecule has 0 spiro atoms. The van der Waals surface area contributed by atoms with Gasteiger partial charge in [-0.3, -0.25) is 4.79 Å². The average Bonchev–Trinajstić information content (AvgIpc) is 2.74. The maximum atomic E-state index is 11.8. The fraction of sp³-hybridized carbons (Fsp3) is 0.409. The van der Waals surface area contributed by atoms with E-state index in [4.69, 9.17) is 15.2 Å². The maximum absolute atomic E-state index is 11.8. The molecule has 0 atom stereocenters. The van der Waals surface area contributed by atoms with Crippen molar-refractivity contribution >= 4 is 17.3 Å². The number of rotatable bonds is 15. The maximum Gasteiger partial charge on any atom is 0.221 e. The Balaban J connectivity index is 1.33. The molecule has 0 fully saturated rings. The monoisotopic (exact) mass is 400 g/mol. The van der Waals surface area contributed by atoms with Gasteiger partial charge >= 0.3 is 0 Å². The number of ether oxygens (including phenoxy) is 2. The van der Waals surface area contributed by atoms with Crippen molar-refractivity contribution in [3.8, 4) is 0 Å². The van der Waals surface area contributed by atoms with Gasteiger partial charge < -0.3 is 31.2 Å². The summed E-state index contributed by atoms with van der Waals surface area (Å²) in [5, 5.41) is 9.35. The molecule has 0 aromatic heterocycles. The minimum atomic E-state index is -0.00251. The second kappa shape index (κ2) is 14.4. The van der Waals surface area contributed by atoms with Gasteiger partial charge in [-0.25, -0.2) is 0 Å². The fourth-order valence-corrected chi connectivity index (χ4v) is 2.57. The summed E-state index contributed by atoms with van der Waals surface area (Å²) in [4.78, 5) is 11.8. The number of nitrogens with one attached hydrogen (secondary N) is 3. The van der Waals surface area contributed by atoms with Gasteiger partial charge in [-0.2, -0.15) is 0 Å². The van der Waals surface area contributed by atoms with Gasteiger partial charge in [-0.15, -0.1) is 0 Å². The average molecular weight is 401 g/mol. The zero-order chi connectivity index (χ0) is 20.6. The number of amides is 1. The summed E-state index contributed by atoms with van der Waals surface area (Å²) in [5.41, 5.74) is 8.57. The molecule has 158 valence electrons. The van der Waals surface area contributed by atoms with E-state index in [1.54, 1.807) is 0 Å². The quantitative estimate of drug-likeness (QED) is 0.270. The molecule has 0 aliphatic heterocycles. The minimum absolute atomic E-state index is 0.00251. The Labute approximate surface area is 173 Å². The van der Waals surface area contributed by atoms with Crippen molar-refractivity contribution in [1.29, 1.82) is 0 Å². The molecular formula is C22H32N4O3. The van der Waals surface area contributed by atoms with E-state index in [2.05, 4.69) is 28.1 Å². The third kappa shape index (κ3) is 11.1. The molecule has 7 heteroatoms. The Kier molecular flexibility index (Phi) is 11.3. The standard InChI is InChI=1S/C22H32N4O3/c23-20-6-8-21(9-7-20)25-11-10-22(27)26-13-15-29-17-16-28-14-12-24-18-19-4-2-1-3-5-19/h1-9,24-25H,10-18,23H2,(H,26,27). The van der Waals surface area contributed by atoms with Crippen molar-refractivity contribution in [1.82, 2.24) is 10.6 Å². The Bertz CT molecular complexity index is 680. The van der Waals surface area contributed by atoms with Crippen LogP contribution in [0.15, 0.2) is 54.6 Å². The lowest BCUT2D eigenvalue weighted by molar-refractivity contribution is -0.121. The first kappa shape index (κ1) is 22.7. The van der Waals surface area contributed by atoms with Crippen LogP contribution in [0.1, 0.15) is 12.0 Å². The second-order valence-electron chi connectivity index (χ2n) is 6.54. The Morgan fingerprint density at radius 2 is 1.52 bits per heavy atom. The van der Waals surface area contributed by atoms with Crippen molar-refractivity contribution in [2.24, 2.45) is 0 Å². The van der Waals surface area contributed by atoms with Crippen LogP contribution in [0.25, 0.3) is 0 Å². The number of benzene rings is 2. The zero-order valence-corrected chi connectivity index (χ0v) is 16.9. The summed E-state index contributed by atoms with van der Waals surface area (Å²) in [6.07, 6.45) is 0.406. The van der Waals surface area contributed by atoms with E-state index < -0.39 is 0 Å². The highest BCUT2D eigenvalue weighted by molar-refractivity contribution is 5.76. The third-order valence-electron chi connectivity index (χ3n) is 4.13. The number of nitrogen functional groups attached to an aromatic ring is 1. The van der Waals surface area contributed by atoms with Crippen LogP contribution in [0.3, 0.4) is 0 Å². The van der Waals surface area contributed by atoms with E-state index in [0.29, 0.717) is 45.9 Å². The molecule has 2 rings (SSSR count). The fourth-order valence-electron chi connectivity index (χ4n) is 2.57. The summed E-state index contributed by atoms with van der Waals surface area (Å²) in [6, 6.07) is 17.7. The van der Waals surface area contributed by atoms with Gasteiger partial charge in [-0.1, -0.05) is 30.3 Å². The van der Waals surface area contributed by atoms with E-state index in [9.17, 15) is 4.79 Å². The number of hydrogen-bond acceptors (Lipinski definition) is 6. The number of carbonyl (C=O) groups is 1. The van der Waals surface area contributed by atoms with Crippen LogP contribution in [0.2, 0.25) is 0 Å². The molecule has 0 aliphatic carbocycles. The van der Waals surface area contributed by atoms with Gasteiger partial charge in [-0.05, 0) is 29.8 Å². The molecular weight excluding hydrogens is 368 g/mol. The van der Waals surface area contributed by atoms with E-state index in [1.165, 1.54) is 5.56 Å². The molecule has 0 heterocycles. The van der Waals surface area contributed by atoms with Crippen molar-refractivity contribution in [3.05, 3.63) is 60.2 Å². The molecule has 29 heavy (non-hydrogen) atoms. The van der Waals surface area contributed by atoms with Crippen molar-refractivity contribution in [2.75, 3.05) is 57.1 Å². The predicted molar refractivity (Wildman–Crippen MR) is 117 cm³/mol. The normalized spacial score (nSPS) is 10.6. The molecule has 1 amide bonds. The first-order valence-electron chi connectivity index (χ1n) is 10.0. The van der Waals surface area contributed by atoms with Gasteiger partial charge in [0.25, 0.3) is 0 Å². The van der Waals surface area contributed by atoms with Gasteiger partial charge in [0.2, 0.25) is 5.91 Å². The summed E-state index contributed by atoms with van der Waals surface area (Å²) in [5.74, 6) is -0.00251. The lowest BCUT2D eigenvalue weighted by atomic mass is 10.2. The number of nitrogens with two attached hydrogens (primary N) is 1. The molecule has 2 aromatic carbocycles. The molecule has 0 aliphatic rings. The van der Waals surface area contributed by atoms with Gasteiger partial charge in [0.1, 0.15) is 0 Å². The smallest absolute Gasteiger partial charge is 0.221 e. The van der Waals surface area contributed by atoms with E-state index in [0.717, 1.165) is 24.5 Å². The van der Waals surface area contributed by atoms with Gasteiger partial charge in [0.05, 0.1) is 26.4 Å². The molecule has 0 radical (unpaired) electrons. The third-order valence-corrected chi connectivity index (χ3v) is 4.13. The first-order valence-corrected chi connectivity index (χ1v) is 10.0. The van der Waals surface area contributed by atoms with Crippen LogP contribution in [-0.2, 0) is 20.8 Å². The first-order chi connectivity index (χ1) is 14.2. The van der Waals surface area contributed by atoms with E-state index in [1.807, 2.05) is 42.5 Å². The SMILES string of the molecule is Nc1ccc(NCCC(=O)NCCOCCOCCNCc2ccccc2)cc1. The summed E-state index contributed by atoms with van der Waals surface area (Å²) in [6.45, 7) is 4.91.